The van der Waals surface area contributed by atoms with Crippen LogP contribution in [0.2, 0.25) is 0 Å². The number of fused-ring (bicyclic) bond motifs is 1. The first-order valence-electron chi connectivity index (χ1n) is 8.32. The number of amides is 3. The Kier molecular flexibility index (Phi) is 5.46. The van der Waals surface area contributed by atoms with E-state index in [9.17, 15) is 14.4 Å². The number of hydrogen-bond donors (Lipinski definition) is 2. The van der Waals surface area contributed by atoms with Gasteiger partial charge in [-0.25, -0.2) is 9.78 Å². The van der Waals surface area contributed by atoms with Crippen LogP contribution in [-0.4, -0.2) is 35.1 Å². The lowest BCUT2D eigenvalue weighted by atomic mass is 10.2. The summed E-state index contributed by atoms with van der Waals surface area (Å²) in [6.07, 6.45) is 1.36. The van der Waals surface area contributed by atoms with Gasteiger partial charge in [0.05, 0.1) is 23.8 Å². The molecular weight excluding hydrogens is 346 g/mol. The molecule has 3 amide bonds. The van der Waals surface area contributed by atoms with Crippen LogP contribution in [0.25, 0.3) is 10.9 Å². The Morgan fingerprint density at radius 1 is 1.07 bits per heavy atom. The summed E-state index contributed by atoms with van der Waals surface area (Å²) >= 11 is 0. The molecule has 3 rings (SSSR count). The Morgan fingerprint density at radius 3 is 2.56 bits per heavy atom. The van der Waals surface area contributed by atoms with Crippen LogP contribution in [-0.2, 0) is 11.5 Å². The second kappa shape index (κ2) is 8.13. The summed E-state index contributed by atoms with van der Waals surface area (Å²) in [7, 11) is 1.76. The van der Waals surface area contributed by atoms with Gasteiger partial charge in [-0.05, 0) is 24.3 Å². The highest BCUT2D eigenvalue weighted by Crippen LogP contribution is 2.09. The summed E-state index contributed by atoms with van der Waals surface area (Å²) in [5, 5.41) is 5.18. The summed E-state index contributed by atoms with van der Waals surface area (Å²) in [6, 6.07) is 15.6. The molecule has 27 heavy (non-hydrogen) atoms. The van der Waals surface area contributed by atoms with Crippen molar-refractivity contribution in [3.05, 3.63) is 71.3 Å². The van der Waals surface area contributed by atoms with Gasteiger partial charge in [-0.1, -0.05) is 30.3 Å². The van der Waals surface area contributed by atoms with Gasteiger partial charge in [0.25, 0.3) is 5.56 Å². The van der Waals surface area contributed by atoms with Gasteiger partial charge in [-0.3, -0.25) is 19.5 Å². The van der Waals surface area contributed by atoms with Gasteiger partial charge in [0.15, 0.2) is 0 Å². The molecule has 8 heteroatoms. The van der Waals surface area contributed by atoms with E-state index in [0.29, 0.717) is 10.9 Å². The Hall–Kier alpha value is -3.68. The first-order valence-corrected chi connectivity index (χ1v) is 8.32. The molecule has 1 heterocycles. The predicted molar refractivity (Wildman–Crippen MR) is 102 cm³/mol. The minimum Gasteiger partial charge on any atom is -0.365 e. The number of likely N-dealkylation sites (N-methyl/N-ethyl adjacent to an activating group) is 1. The molecule has 0 unspecified atom stereocenters. The minimum absolute atomic E-state index is 0.0227. The highest BCUT2D eigenvalue weighted by atomic mass is 16.2. The fourth-order valence-electron chi connectivity index (χ4n) is 2.58. The largest absolute Gasteiger partial charge is 0.365 e. The molecule has 8 nitrogen and oxygen atoms in total. The molecule has 0 bridgehead atoms. The lowest BCUT2D eigenvalue weighted by molar-refractivity contribution is -0.118. The third kappa shape index (κ3) is 4.49. The van der Waals surface area contributed by atoms with Crippen molar-refractivity contribution in [3.8, 4) is 0 Å². The highest BCUT2D eigenvalue weighted by Gasteiger charge is 2.11. The molecule has 1 aromatic heterocycles. The molecule has 2 aromatic carbocycles. The summed E-state index contributed by atoms with van der Waals surface area (Å²) in [6.45, 7) is -0.0702. The van der Waals surface area contributed by atoms with Crippen molar-refractivity contribution in [3.63, 3.8) is 0 Å². The smallest absolute Gasteiger partial charge is 0.322 e. The third-order valence-electron chi connectivity index (χ3n) is 3.97. The summed E-state index contributed by atoms with van der Waals surface area (Å²) in [4.78, 5) is 42.2. The zero-order valence-electron chi connectivity index (χ0n) is 14.8. The maximum absolute atomic E-state index is 12.3. The van der Waals surface area contributed by atoms with Crippen LogP contribution in [0.4, 0.5) is 10.5 Å². The quantitative estimate of drug-likeness (QED) is 0.711. The first-order chi connectivity index (χ1) is 13.0. The maximum atomic E-state index is 12.3. The van der Waals surface area contributed by atoms with E-state index in [1.54, 1.807) is 36.2 Å². The van der Waals surface area contributed by atoms with E-state index >= 15 is 0 Å². The molecule has 0 saturated heterocycles. The first kappa shape index (κ1) is 18.1. The number of carbonyl (C=O) groups excluding carboxylic acids is 2. The number of nitrogens with zero attached hydrogens (tertiary/aromatic N) is 3. The van der Waals surface area contributed by atoms with Gasteiger partial charge in [0, 0.05) is 12.7 Å². The van der Waals surface area contributed by atoms with Gasteiger partial charge < -0.3 is 10.2 Å². The number of carbonyl (C=O) groups is 2. The zero-order valence-corrected chi connectivity index (χ0v) is 14.8. The molecule has 0 aliphatic heterocycles. The molecule has 138 valence electrons. The molecule has 0 spiro atoms. The van der Waals surface area contributed by atoms with Crippen LogP contribution in [0, 0.1) is 0 Å². The van der Waals surface area contributed by atoms with Crippen molar-refractivity contribution in [2.45, 2.75) is 6.67 Å². The SMILES string of the molecule is CN(CC(=O)NC(=O)NCn1cnc2ccccc2c1=O)c1ccccc1. The topological polar surface area (TPSA) is 96.3 Å². The second-order valence-corrected chi connectivity index (χ2v) is 5.94. The van der Waals surface area contributed by atoms with Crippen LogP contribution in [0.15, 0.2) is 65.7 Å². The van der Waals surface area contributed by atoms with Gasteiger partial charge in [-0.2, -0.15) is 0 Å². The minimum atomic E-state index is -0.679. The van der Waals surface area contributed by atoms with Crippen LogP contribution < -0.4 is 21.1 Å². The molecule has 2 N–H and O–H groups in total. The highest BCUT2D eigenvalue weighted by molar-refractivity contribution is 5.96. The molecule has 0 aliphatic carbocycles. The summed E-state index contributed by atoms with van der Waals surface area (Å²) in [5.74, 6) is -0.456. The molecule has 0 aliphatic rings. The van der Waals surface area contributed by atoms with Crippen LogP contribution in [0.5, 0.6) is 0 Å². The second-order valence-electron chi connectivity index (χ2n) is 5.94. The van der Waals surface area contributed by atoms with E-state index in [1.807, 2.05) is 30.3 Å². The average Bonchev–Trinajstić information content (AvgIpc) is 2.68. The number of nitrogens with one attached hydrogen (secondary N) is 2. The van der Waals surface area contributed by atoms with Crippen molar-refractivity contribution in [1.82, 2.24) is 20.2 Å². The summed E-state index contributed by atoms with van der Waals surface area (Å²) in [5.41, 5.74) is 1.18. The monoisotopic (exact) mass is 365 g/mol. The van der Waals surface area contributed by atoms with Gasteiger partial charge in [-0.15, -0.1) is 0 Å². The lowest BCUT2D eigenvalue weighted by Crippen LogP contribution is -2.45. The van der Waals surface area contributed by atoms with E-state index in [2.05, 4.69) is 15.6 Å². The van der Waals surface area contributed by atoms with Crippen molar-refractivity contribution < 1.29 is 9.59 Å². The van der Waals surface area contributed by atoms with Crippen LogP contribution in [0.1, 0.15) is 0 Å². The Labute approximate surface area is 155 Å². The molecule has 0 saturated carbocycles. The summed E-state index contributed by atoms with van der Waals surface area (Å²) < 4.78 is 1.27. The number of imide groups is 1. The van der Waals surface area contributed by atoms with Crippen molar-refractivity contribution >= 4 is 28.5 Å². The number of aromatic nitrogens is 2. The Bertz CT molecular complexity index is 1020. The molecular formula is C19H19N5O3. The van der Waals surface area contributed by atoms with Gasteiger partial charge in [0.2, 0.25) is 5.91 Å². The fourth-order valence-corrected chi connectivity index (χ4v) is 2.58. The van der Waals surface area contributed by atoms with E-state index in [1.165, 1.54) is 10.9 Å². The van der Waals surface area contributed by atoms with Crippen LogP contribution in [0.3, 0.4) is 0 Å². The van der Waals surface area contributed by atoms with E-state index in [0.717, 1.165) is 5.69 Å². The normalized spacial score (nSPS) is 10.4. The number of rotatable bonds is 5. The number of urea groups is 1. The number of anilines is 1. The number of benzene rings is 2. The van der Waals surface area contributed by atoms with E-state index < -0.39 is 11.9 Å². The van der Waals surface area contributed by atoms with Crippen molar-refractivity contribution in [2.75, 3.05) is 18.5 Å². The lowest BCUT2D eigenvalue weighted by Gasteiger charge is -2.18. The molecule has 0 atom stereocenters. The molecule has 0 fully saturated rings. The van der Waals surface area contributed by atoms with Crippen molar-refractivity contribution in [2.24, 2.45) is 0 Å². The van der Waals surface area contributed by atoms with Gasteiger partial charge in [0.1, 0.15) is 6.67 Å². The van der Waals surface area contributed by atoms with E-state index in [4.69, 9.17) is 0 Å². The maximum Gasteiger partial charge on any atom is 0.322 e. The molecule has 3 aromatic rings. The molecule has 0 radical (unpaired) electrons. The fraction of sp³-hybridized carbons (Fsp3) is 0.158. The van der Waals surface area contributed by atoms with Crippen molar-refractivity contribution in [1.29, 1.82) is 0 Å². The number of hydrogen-bond acceptors (Lipinski definition) is 5. The Balaban J connectivity index is 1.54. The van der Waals surface area contributed by atoms with Gasteiger partial charge >= 0.3 is 6.03 Å². The average molecular weight is 365 g/mol. The third-order valence-corrected chi connectivity index (χ3v) is 3.97. The standard InChI is InChI=1S/C19H19N5O3/c1-23(14-7-3-2-4-8-14)11-17(25)22-19(27)21-13-24-12-20-16-10-6-5-9-15(16)18(24)26/h2-10,12H,11,13H2,1H3,(H2,21,22,25,27). The number of para-hydroxylation sites is 2. The van der Waals surface area contributed by atoms with Crippen LogP contribution >= 0.6 is 0 Å². The predicted octanol–water partition coefficient (Wildman–Crippen LogP) is 1.32. The Morgan fingerprint density at radius 2 is 1.78 bits per heavy atom. The van der Waals surface area contributed by atoms with E-state index in [-0.39, 0.29) is 18.8 Å². The zero-order chi connectivity index (χ0) is 19.2.